The van der Waals surface area contributed by atoms with Crippen LogP contribution < -0.4 is 5.32 Å². The summed E-state index contributed by atoms with van der Waals surface area (Å²) in [6.07, 6.45) is 33.8. The first-order valence-electron chi connectivity index (χ1n) is 19.1. The molecule has 0 aromatic heterocycles. The van der Waals surface area contributed by atoms with Crippen LogP contribution in [-0.4, -0.2) is 57.3 Å². The van der Waals surface area contributed by atoms with Crippen molar-refractivity contribution in [3.8, 4) is 0 Å². The van der Waals surface area contributed by atoms with Gasteiger partial charge in [0.15, 0.2) is 0 Å². The van der Waals surface area contributed by atoms with Gasteiger partial charge in [-0.25, -0.2) is 0 Å². The van der Waals surface area contributed by atoms with Crippen LogP contribution in [0, 0.1) is 0 Å². The molecule has 0 radical (unpaired) electrons. The molecule has 1 amide bonds. The Kier molecular flexibility index (Phi) is 32.7. The first kappa shape index (κ1) is 43.0. The molecule has 6 heteroatoms. The molecule has 0 rings (SSSR count). The molecule has 0 spiro atoms. The maximum Gasteiger partial charge on any atom is 0.249 e. The average Bonchev–Trinajstić information content (AvgIpc) is 3.03. The lowest BCUT2D eigenvalue weighted by Crippen LogP contribution is -2.53. The number of aliphatic hydroxyl groups excluding tert-OH is 4. The van der Waals surface area contributed by atoms with E-state index in [1.54, 1.807) is 0 Å². The zero-order valence-corrected chi connectivity index (χ0v) is 29.2. The van der Waals surface area contributed by atoms with E-state index in [9.17, 15) is 25.2 Å². The van der Waals surface area contributed by atoms with E-state index >= 15 is 0 Å². The standard InChI is InChI=1S/C38H75NO5/c1-3-5-7-9-11-13-15-16-17-18-19-20-22-23-25-27-29-31-35(41)37(43)34(33-40)39-38(44)36(42)32-30-28-26-24-21-14-12-10-8-6-4-2/h23,25,34-37,40-43H,3-22,24,26-33H2,1-2H3,(H,39,44)/b25-23+. The monoisotopic (exact) mass is 626 g/mol. The maximum absolute atomic E-state index is 12.4. The Morgan fingerprint density at radius 3 is 1.36 bits per heavy atom. The third-order valence-corrected chi connectivity index (χ3v) is 8.98. The molecule has 0 heterocycles. The van der Waals surface area contributed by atoms with Crippen LogP contribution in [0.2, 0.25) is 0 Å². The van der Waals surface area contributed by atoms with Gasteiger partial charge in [0.05, 0.1) is 18.8 Å². The van der Waals surface area contributed by atoms with E-state index in [4.69, 9.17) is 0 Å². The minimum absolute atomic E-state index is 0.366. The van der Waals surface area contributed by atoms with Gasteiger partial charge in [-0.3, -0.25) is 4.79 Å². The number of hydrogen-bond donors (Lipinski definition) is 5. The van der Waals surface area contributed by atoms with Crippen LogP contribution in [0.1, 0.15) is 194 Å². The van der Waals surface area contributed by atoms with Gasteiger partial charge < -0.3 is 25.7 Å². The Labute approximate surface area is 272 Å². The summed E-state index contributed by atoms with van der Waals surface area (Å²) in [5.41, 5.74) is 0. The van der Waals surface area contributed by atoms with E-state index in [0.29, 0.717) is 12.8 Å². The Balaban J connectivity index is 3.82. The largest absolute Gasteiger partial charge is 0.394 e. The summed E-state index contributed by atoms with van der Waals surface area (Å²) < 4.78 is 0. The molecule has 0 aliphatic rings. The third-order valence-electron chi connectivity index (χ3n) is 8.98. The summed E-state index contributed by atoms with van der Waals surface area (Å²) in [5.74, 6) is -0.594. The van der Waals surface area contributed by atoms with Gasteiger partial charge in [-0.05, 0) is 38.5 Å². The molecule has 0 bridgehead atoms. The second-order valence-electron chi connectivity index (χ2n) is 13.3. The van der Waals surface area contributed by atoms with Gasteiger partial charge >= 0.3 is 0 Å². The van der Waals surface area contributed by atoms with Crippen LogP contribution in [0.15, 0.2) is 12.2 Å². The summed E-state index contributed by atoms with van der Waals surface area (Å²) >= 11 is 0. The highest BCUT2D eigenvalue weighted by Crippen LogP contribution is 2.15. The number of unbranched alkanes of at least 4 members (excludes halogenated alkanes) is 23. The predicted octanol–water partition coefficient (Wildman–Crippen LogP) is 9.07. The molecule has 4 unspecified atom stereocenters. The highest BCUT2D eigenvalue weighted by atomic mass is 16.3. The number of aliphatic hydroxyl groups is 4. The van der Waals surface area contributed by atoms with Crippen molar-refractivity contribution in [3.63, 3.8) is 0 Å². The van der Waals surface area contributed by atoms with E-state index in [1.165, 1.54) is 128 Å². The Bertz CT molecular complexity index is 628. The maximum atomic E-state index is 12.4. The molecule has 0 aromatic rings. The predicted molar refractivity (Wildman–Crippen MR) is 187 cm³/mol. The number of hydrogen-bond acceptors (Lipinski definition) is 5. The summed E-state index contributed by atoms with van der Waals surface area (Å²) in [7, 11) is 0. The second kappa shape index (κ2) is 33.4. The van der Waals surface area contributed by atoms with Crippen molar-refractivity contribution in [2.45, 2.75) is 218 Å². The molecule has 5 N–H and O–H groups in total. The quantitative estimate of drug-likeness (QED) is 0.0362. The molecular weight excluding hydrogens is 550 g/mol. The van der Waals surface area contributed by atoms with Crippen LogP contribution in [0.4, 0.5) is 0 Å². The van der Waals surface area contributed by atoms with Crippen molar-refractivity contribution in [3.05, 3.63) is 12.2 Å². The lowest BCUT2D eigenvalue weighted by atomic mass is 10.00. The highest BCUT2D eigenvalue weighted by molar-refractivity contribution is 5.80. The second-order valence-corrected chi connectivity index (χ2v) is 13.3. The van der Waals surface area contributed by atoms with Crippen LogP contribution in [0.25, 0.3) is 0 Å². The fraction of sp³-hybridized carbons (Fsp3) is 0.921. The topological polar surface area (TPSA) is 110 Å². The van der Waals surface area contributed by atoms with Gasteiger partial charge in [0.25, 0.3) is 0 Å². The van der Waals surface area contributed by atoms with Crippen LogP contribution in [0.3, 0.4) is 0 Å². The zero-order valence-electron chi connectivity index (χ0n) is 29.2. The smallest absolute Gasteiger partial charge is 0.249 e. The summed E-state index contributed by atoms with van der Waals surface area (Å²) in [5, 5.41) is 43.4. The van der Waals surface area contributed by atoms with E-state index < -0.39 is 36.9 Å². The summed E-state index contributed by atoms with van der Waals surface area (Å²) in [6.45, 7) is 4.01. The van der Waals surface area contributed by atoms with E-state index in [2.05, 4.69) is 31.3 Å². The van der Waals surface area contributed by atoms with E-state index in [-0.39, 0.29) is 0 Å². The molecule has 4 atom stereocenters. The van der Waals surface area contributed by atoms with Crippen molar-refractivity contribution >= 4 is 5.91 Å². The SMILES string of the molecule is CCCCCCCCCCCCCC/C=C/CCCC(O)C(O)C(CO)NC(=O)C(O)CCCCCCCCCCCCC. The van der Waals surface area contributed by atoms with Crippen molar-refractivity contribution in [2.75, 3.05) is 6.61 Å². The molecule has 0 aliphatic carbocycles. The fourth-order valence-electron chi connectivity index (χ4n) is 5.87. The van der Waals surface area contributed by atoms with Gasteiger partial charge in [-0.2, -0.15) is 0 Å². The number of carbonyl (C=O) groups excluding carboxylic acids is 1. The molecule has 0 aromatic carbocycles. The Morgan fingerprint density at radius 1 is 0.545 bits per heavy atom. The number of carbonyl (C=O) groups is 1. The number of rotatable bonds is 34. The summed E-state index contributed by atoms with van der Waals surface area (Å²) in [6, 6.07) is -0.995. The van der Waals surface area contributed by atoms with Gasteiger partial charge in [0.1, 0.15) is 12.2 Å². The van der Waals surface area contributed by atoms with Crippen LogP contribution >= 0.6 is 0 Å². The van der Waals surface area contributed by atoms with Crippen molar-refractivity contribution in [2.24, 2.45) is 0 Å². The number of amides is 1. The minimum atomic E-state index is -1.27. The number of nitrogens with one attached hydrogen (secondary N) is 1. The van der Waals surface area contributed by atoms with Crippen LogP contribution in [-0.2, 0) is 4.79 Å². The van der Waals surface area contributed by atoms with Crippen molar-refractivity contribution in [1.29, 1.82) is 0 Å². The van der Waals surface area contributed by atoms with Gasteiger partial charge in [0.2, 0.25) is 5.91 Å². The molecule has 44 heavy (non-hydrogen) atoms. The third kappa shape index (κ3) is 27.4. The molecule has 0 saturated heterocycles. The van der Waals surface area contributed by atoms with Crippen LogP contribution in [0.5, 0.6) is 0 Å². The van der Waals surface area contributed by atoms with Gasteiger partial charge in [-0.1, -0.05) is 167 Å². The lowest BCUT2D eigenvalue weighted by molar-refractivity contribution is -0.132. The normalized spacial score (nSPS) is 14.6. The average molecular weight is 626 g/mol. The first-order valence-corrected chi connectivity index (χ1v) is 19.1. The molecule has 262 valence electrons. The van der Waals surface area contributed by atoms with Crippen molar-refractivity contribution in [1.82, 2.24) is 5.32 Å². The van der Waals surface area contributed by atoms with Gasteiger partial charge in [0, 0.05) is 0 Å². The number of allylic oxidation sites excluding steroid dienone is 2. The van der Waals surface area contributed by atoms with E-state index in [0.717, 1.165) is 38.5 Å². The molecule has 0 fully saturated rings. The minimum Gasteiger partial charge on any atom is -0.394 e. The molecule has 0 aliphatic heterocycles. The lowest BCUT2D eigenvalue weighted by Gasteiger charge is -2.27. The zero-order chi connectivity index (χ0) is 32.5. The Hall–Kier alpha value is -0.950. The molecule has 0 saturated carbocycles. The van der Waals surface area contributed by atoms with E-state index in [1.807, 2.05) is 0 Å². The first-order chi connectivity index (χ1) is 21.5. The Morgan fingerprint density at radius 2 is 0.932 bits per heavy atom. The fourth-order valence-corrected chi connectivity index (χ4v) is 5.87. The highest BCUT2D eigenvalue weighted by Gasteiger charge is 2.28. The van der Waals surface area contributed by atoms with Crippen molar-refractivity contribution < 1.29 is 25.2 Å². The summed E-state index contributed by atoms with van der Waals surface area (Å²) in [4.78, 5) is 12.4. The molecular formula is C38H75NO5. The molecule has 6 nitrogen and oxygen atoms in total. The van der Waals surface area contributed by atoms with Gasteiger partial charge in [-0.15, -0.1) is 0 Å².